The summed E-state index contributed by atoms with van der Waals surface area (Å²) in [5.41, 5.74) is 2.98. The van der Waals surface area contributed by atoms with Gasteiger partial charge < -0.3 is 10.6 Å². The van der Waals surface area contributed by atoms with Crippen LogP contribution in [0.5, 0.6) is 0 Å². The molecule has 2 rings (SSSR count). The number of carbonyl (C=O) groups is 2. The average Bonchev–Trinajstić information content (AvgIpc) is 2.58. The molecule has 1 aliphatic carbocycles. The van der Waals surface area contributed by atoms with Gasteiger partial charge in [0.2, 0.25) is 11.8 Å². The van der Waals surface area contributed by atoms with Crippen LogP contribution in [-0.2, 0) is 9.59 Å². The van der Waals surface area contributed by atoms with Crippen LogP contribution in [0.4, 0.5) is 5.69 Å². The Kier molecular flexibility index (Phi) is 6.79. The number of anilines is 1. The minimum absolute atomic E-state index is 0.00468. The van der Waals surface area contributed by atoms with Crippen molar-refractivity contribution in [2.45, 2.75) is 52.0 Å². The number of aryl methyl sites for hydroxylation is 1. The van der Waals surface area contributed by atoms with Gasteiger partial charge in [-0.25, -0.2) is 0 Å². The van der Waals surface area contributed by atoms with Gasteiger partial charge in [0.25, 0.3) is 0 Å². The van der Waals surface area contributed by atoms with Crippen LogP contribution < -0.4 is 10.6 Å². The van der Waals surface area contributed by atoms with Crippen LogP contribution in [0.25, 0.3) is 0 Å². The molecule has 5 nitrogen and oxygen atoms in total. The van der Waals surface area contributed by atoms with Crippen molar-refractivity contribution < 1.29 is 9.59 Å². The number of likely N-dealkylation sites (N-methyl/N-ethyl adjacent to an activating group) is 1. The number of nitrogens with zero attached hydrogens (tertiary/aromatic N) is 1. The summed E-state index contributed by atoms with van der Waals surface area (Å²) in [5.74, 6) is -0.295. The lowest BCUT2D eigenvalue weighted by Crippen LogP contribution is -2.43. The molecule has 1 fully saturated rings. The molecule has 0 bridgehead atoms. The van der Waals surface area contributed by atoms with Gasteiger partial charge in [-0.2, -0.15) is 0 Å². The van der Waals surface area contributed by atoms with E-state index in [2.05, 4.69) is 15.5 Å². The standard InChI is InChI=1S/C19H29N3O2/c1-14-8-7-11-17(15(14)2)21-18(23)12-20-19(24)13-22(3)16-9-5-4-6-10-16/h7-8,11,16H,4-6,9-10,12-13H2,1-3H3,(H,20,24)(H,21,23). The van der Waals surface area contributed by atoms with E-state index < -0.39 is 0 Å². The molecular formula is C19H29N3O2. The van der Waals surface area contributed by atoms with Crippen LogP contribution in [0.2, 0.25) is 0 Å². The number of hydrogen-bond acceptors (Lipinski definition) is 3. The lowest BCUT2D eigenvalue weighted by Gasteiger charge is -2.30. The molecule has 0 aromatic heterocycles. The van der Waals surface area contributed by atoms with Gasteiger partial charge in [-0.3, -0.25) is 14.5 Å². The van der Waals surface area contributed by atoms with Crippen molar-refractivity contribution in [3.05, 3.63) is 29.3 Å². The van der Waals surface area contributed by atoms with Crippen molar-refractivity contribution >= 4 is 17.5 Å². The number of hydrogen-bond donors (Lipinski definition) is 2. The van der Waals surface area contributed by atoms with Crippen molar-refractivity contribution in [1.82, 2.24) is 10.2 Å². The molecule has 2 N–H and O–H groups in total. The Hall–Kier alpha value is -1.88. The van der Waals surface area contributed by atoms with Crippen LogP contribution in [-0.4, -0.2) is 42.9 Å². The fourth-order valence-corrected chi connectivity index (χ4v) is 3.19. The normalized spacial score (nSPS) is 15.3. The molecule has 0 unspecified atom stereocenters. The van der Waals surface area contributed by atoms with Gasteiger partial charge in [0.05, 0.1) is 13.1 Å². The zero-order chi connectivity index (χ0) is 17.5. The fraction of sp³-hybridized carbons (Fsp3) is 0.579. The predicted molar refractivity (Wildman–Crippen MR) is 97.1 cm³/mol. The molecule has 1 aromatic carbocycles. The van der Waals surface area contributed by atoms with Crippen molar-refractivity contribution in [3.8, 4) is 0 Å². The van der Waals surface area contributed by atoms with E-state index in [9.17, 15) is 9.59 Å². The summed E-state index contributed by atoms with van der Waals surface area (Å²) in [7, 11) is 1.99. The molecule has 24 heavy (non-hydrogen) atoms. The van der Waals surface area contributed by atoms with Crippen molar-refractivity contribution in [2.75, 3.05) is 25.5 Å². The summed E-state index contributed by atoms with van der Waals surface area (Å²) >= 11 is 0. The average molecular weight is 331 g/mol. The molecule has 0 heterocycles. The maximum absolute atomic E-state index is 12.0. The zero-order valence-electron chi connectivity index (χ0n) is 15.0. The first kappa shape index (κ1) is 18.5. The van der Waals surface area contributed by atoms with E-state index in [0.717, 1.165) is 29.7 Å². The monoisotopic (exact) mass is 331 g/mol. The molecule has 1 aliphatic rings. The Balaban J connectivity index is 1.74. The van der Waals surface area contributed by atoms with E-state index in [1.54, 1.807) is 0 Å². The molecule has 1 aromatic rings. The Morgan fingerprint density at radius 1 is 1.12 bits per heavy atom. The van der Waals surface area contributed by atoms with Gasteiger partial charge in [0.15, 0.2) is 0 Å². The topological polar surface area (TPSA) is 61.4 Å². The highest BCUT2D eigenvalue weighted by Gasteiger charge is 2.20. The molecule has 0 radical (unpaired) electrons. The number of rotatable bonds is 6. The largest absolute Gasteiger partial charge is 0.346 e. The molecule has 5 heteroatoms. The molecule has 1 saturated carbocycles. The van der Waals surface area contributed by atoms with E-state index in [4.69, 9.17) is 0 Å². The van der Waals surface area contributed by atoms with Gasteiger partial charge in [0, 0.05) is 11.7 Å². The third-order valence-electron chi connectivity index (χ3n) is 4.92. The predicted octanol–water partition coefficient (Wildman–Crippen LogP) is 2.62. The Morgan fingerprint density at radius 2 is 1.83 bits per heavy atom. The number of benzene rings is 1. The molecule has 0 spiro atoms. The summed E-state index contributed by atoms with van der Waals surface area (Å²) in [6, 6.07) is 6.29. The lowest BCUT2D eigenvalue weighted by atomic mass is 9.94. The Bertz CT molecular complexity index is 580. The van der Waals surface area contributed by atoms with E-state index >= 15 is 0 Å². The van der Waals surface area contributed by atoms with Crippen LogP contribution in [0.1, 0.15) is 43.2 Å². The summed E-state index contributed by atoms with van der Waals surface area (Å²) in [4.78, 5) is 26.2. The zero-order valence-corrected chi connectivity index (χ0v) is 15.0. The maximum Gasteiger partial charge on any atom is 0.243 e. The fourth-order valence-electron chi connectivity index (χ4n) is 3.19. The van der Waals surface area contributed by atoms with Crippen molar-refractivity contribution in [2.24, 2.45) is 0 Å². The number of carbonyl (C=O) groups excluding carboxylic acids is 2. The molecule has 2 amide bonds. The first-order valence-corrected chi connectivity index (χ1v) is 8.80. The highest BCUT2D eigenvalue weighted by atomic mass is 16.2. The van der Waals surface area contributed by atoms with Crippen LogP contribution >= 0.6 is 0 Å². The second-order valence-corrected chi connectivity index (χ2v) is 6.78. The highest BCUT2D eigenvalue weighted by molar-refractivity contribution is 5.95. The Labute approximate surface area is 144 Å². The van der Waals surface area contributed by atoms with Gasteiger partial charge in [-0.05, 0) is 50.9 Å². The first-order valence-electron chi connectivity index (χ1n) is 8.80. The molecule has 0 atom stereocenters. The van der Waals surface area contributed by atoms with E-state index in [-0.39, 0.29) is 18.4 Å². The second-order valence-electron chi connectivity index (χ2n) is 6.78. The van der Waals surface area contributed by atoms with Crippen LogP contribution in [0, 0.1) is 13.8 Å². The summed E-state index contributed by atoms with van der Waals surface area (Å²) in [6.45, 7) is 4.34. The number of amides is 2. The third kappa shape index (κ3) is 5.34. The summed E-state index contributed by atoms with van der Waals surface area (Å²) in [6.07, 6.45) is 6.12. The summed E-state index contributed by atoms with van der Waals surface area (Å²) in [5, 5.41) is 5.57. The molecule has 132 valence electrons. The van der Waals surface area contributed by atoms with E-state index in [1.807, 2.05) is 39.1 Å². The smallest absolute Gasteiger partial charge is 0.243 e. The second kappa shape index (κ2) is 8.83. The van der Waals surface area contributed by atoms with E-state index in [1.165, 1.54) is 19.3 Å². The molecular weight excluding hydrogens is 302 g/mol. The Morgan fingerprint density at radius 3 is 2.54 bits per heavy atom. The molecule has 0 saturated heterocycles. The lowest BCUT2D eigenvalue weighted by molar-refractivity contribution is -0.125. The van der Waals surface area contributed by atoms with Crippen molar-refractivity contribution in [1.29, 1.82) is 0 Å². The maximum atomic E-state index is 12.0. The van der Waals surface area contributed by atoms with Gasteiger partial charge in [-0.1, -0.05) is 31.4 Å². The van der Waals surface area contributed by atoms with E-state index in [0.29, 0.717) is 12.6 Å². The minimum atomic E-state index is -0.197. The number of nitrogens with one attached hydrogen (secondary N) is 2. The van der Waals surface area contributed by atoms with Crippen molar-refractivity contribution in [3.63, 3.8) is 0 Å². The minimum Gasteiger partial charge on any atom is -0.346 e. The van der Waals surface area contributed by atoms with Gasteiger partial charge in [-0.15, -0.1) is 0 Å². The quantitative estimate of drug-likeness (QED) is 0.842. The van der Waals surface area contributed by atoms with Crippen LogP contribution in [0.3, 0.4) is 0 Å². The SMILES string of the molecule is Cc1cccc(NC(=O)CNC(=O)CN(C)C2CCCCC2)c1C. The van der Waals surface area contributed by atoms with Gasteiger partial charge >= 0.3 is 0 Å². The third-order valence-corrected chi connectivity index (χ3v) is 4.92. The molecule has 0 aliphatic heterocycles. The van der Waals surface area contributed by atoms with Crippen LogP contribution in [0.15, 0.2) is 18.2 Å². The summed E-state index contributed by atoms with van der Waals surface area (Å²) < 4.78 is 0. The first-order chi connectivity index (χ1) is 11.5. The van der Waals surface area contributed by atoms with Gasteiger partial charge in [0.1, 0.15) is 0 Å². The highest BCUT2D eigenvalue weighted by Crippen LogP contribution is 2.21.